The van der Waals surface area contributed by atoms with Gasteiger partial charge in [-0.2, -0.15) is 10.5 Å². The topological polar surface area (TPSA) is 65.4 Å². The fourth-order valence-electron chi connectivity index (χ4n) is 4.67. The Kier molecular flexibility index (Phi) is 4.84. The normalized spacial score (nSPS) is 10.8. The molecule has 2 heterocycles. The molecule has 162 valence electrons. The molecular formula is C31H18N4. The van der Waals surface area contributed by atoms with Crippen LogP contribution >= 0.6 is 0 Å². The van der Waals surface area contributed by atoms with Crippen LogP contribution in [0.4, 0.5) is 0 Å². The number of benzene rings is 4. The zero-order valence-corrected chi connectivity index (χ0v) is 18.7. The summed E-state index contributed by atoms with van der Waals surface area (Å²) in [6, 6.07) is 39.1. The molecule has 6 rings (SSSR count). The molecule has 4 aromatic carbocycles. The van der Waals surface area contributed by atoms with Crippen LogP contribution in [0.15, 0.2) is 109 Å². The van der Waals surface area contributed by atoms with Crippen LogP contribution in [0.2, 0.25) is 0 Å². The van der Waals surface area contributed by atoms with E-state index < -0.39 is 0 Å². The molecule has 2 aromatic heterocycles. The largest absolute Gasteiger partial charge is 0.309 e. The Morgan fingerprint density at radius 3 is 2.09 bits per heavy atom. The number of nitriles is 2. The molecule has 0 unspecified atom stereocenters. The number of pyridine rings is 1. The van der Waals surface area contributed by atoms with Crippen molar-refractivity contribution in [3.63, 3.8) is 0 Å². The second-order valence-corrected chi connectivity index (χ2v) is 8.37. The van der Waals surface area contributed by atoms with Crippen molar-refractivity contribution >= 4 is 21.8 Å². The smallest absolute Gasteiger partial charge is 0.141 e. The van der Waals surface area contributed by atoms with Gasteiger partial charge in [0.05, 0.1) is 22.7 Å². The van der Waals surface area contributed by atoms with Crippen LogP contribution in [0.3, 0.4) is 0 Å². The molecule has 0 N–H and O–H groups in total. The number of rotatable bonds is 3. The van der Waals surface area contributed by atoms with Gasteiger partial charge >= 0.3 is 0 Å². The summed E-state index contributed by atoms with van der Waals surface area (Å²) in [5.74, 6) is 0. The first-order chi connectivity index (χ1) is 17.2. The minimum atomic E-state index is 0.410. The Morgan fingerprint density at radius 1 is 0.571 bits per heavy atom. The van der Waals surface area contributed by atoms with Crippen molar-refractivity contribution < 1.29 is 0 Å². The van der Waals surface area contributed by atoms with E-state index in [0.717, 1.165) is 49.7 Å². The quantitative estimate of drug-likeness (QED) is 0.287. The fourth-order valence-corrected chi connectivity index (χ4v) is 4.67. The summed E-state index contributed by atoms with van der Waals surface area (Å²) >= 11 is 0. The zero-order valence-electron chi connectivity index (χ0n) is 18.7. The van der Waals surface area contributed by atoms with E-state index in [9.17, 15) is 5.26 Å². The molecule has 0 spiro atoms. The maximum Gasteiger partial charge on any atom is 0.141 e. The lowest BCUT2D eigenvalue weighted by Crippen LogP contribution is -1.94. The third kappa shape index (κ3) is 3.51. The van der Waals surface area contributed by atoms with E-state index in [1.54, 1.807) is 12.3 Å². The number of fused-ring (bicyclic) bond motifs is 3. The van der Waals surface area contributed by atoms with Gasteiger partial charge in [0, 0.05) is 22.7 Å². The van der Waals surface area contributed by atoms with Gasteiger partial charge in [-0.3, -0.25) is 0 Å². The van der Waals surface area contributed by atoms with E-state index in [0.29, 0.717) is 11.3 Å². The Balaban J connectivity index is 1.45. The molecule has 0 saturated carbocycles. The minimum Gasteiger partial charge on any atom is -0.309 e. The van der Waals surface area contributed by atoms with Crippen molar-refractivity contribution in [3.8, 4) is 40.1 Å². The van der Waals surface area contributed by atoms with E-state index in [1.165, 1.54) is 0 Å². The maximum absolute atomic E-state index is 9.40. The van der Waals surface area contributed by atoms with Crippen molar-refractivity contribution in [2.45, 2.75) is 0 Å². The SMILES string of the molecule is N#Cc1ccc2c(c1)c1ccccc1n2-c1cccc(-c2ccc(-c3ccnc(C#N)c3)cc2)c1. The van der Waals surface area contributed by atoms with Gasteiger partial charge in [0.1, 0.15) is 11.8 Å². The van der Waals surface area contributed by atoms with Crippen molar-refractivity contribution in [3.05, 3.63) is 121 Å². The summed E-state index contributed by atoms with van der Waals surface area (Å²) in [5.41, 5.74) is 8.55. The molecule has 0 saturated heterocycles. The summed E-state index contributed by atoms with van der Waals surface area (Å²) in [4.78, 5) is 4.06. The third-order valence-electron chi connectivity index (χ3n) is 6.33. The molecule has 0 aliphatic rings. The first-order valence-electron chi connectivity index (χ1n) is 11.3. The second kappa shape index (κ2) is 8.30. The average Bonchev–Trinajstić information content (AvgIpc) is 3.27. The Hall–Kier alpha value is -5.19. The summed E-state index contributed by atoms with van der Waals surface area (Å²) in [6.07, 6.45) is 1.66. The molecule has 0 atom stereocenters. The van der Waals surface area contributed by atoms with E-state index >= 15 is 0 Å². The Morgan fingerprint density at radius 2 is 1.31 bits per heavy atom. The molecule has 0 bridgehead atoms. The highest BCUT2D eigenvalue weighted by molar-refractivity contribution is 6.09. The molecule has 0 aliphatic heterocycles. The number of nitrogens with zero attached hydrogens (tertiary/aromatic N) is 4. The van der Waals surface area contributed by atoms with Gasteiger partial charge in [0.15, 0.2) is 0 Å². The minimum absolute atomic E-state index is 0.410. The second-order valence-electron chi connectivity index (χ2n) is 8.37. The summed E-state index contributed by atoms with van der Waals surface area (Å²) in [5, 5.41) is 20.7. The summed E-state index contributed by atoms with van der Waals surface area (Å²) in [7, 11) is 0. The van der Waals surface area contributed by atoms with Gasteiger partial charge in [0.2, 0.25) is 0 Å². The first-order valence-corrected chi connectivity index (χ1v) is 11.3. The van der Waals surface area contributed by atoms with Gasteiger partial charge < -0.3 is 4.57 Å². The standard InChI is InChI=1S/C31H18N4/c32-19-21-8-13-31-29(16-21)28-6-1-2-7-30(28)35(31)27-5-3-4-24(18-27)22-9-11-23(12-10-22)25-14-15-34-26(17-25)20-33/h1-18H. The fraction of sp³-hybridized carbons (Fsp3) is 0. The monoisotopic (exact) mass is 446 g/mol. The van der Waals surface area contributed by atoms with Crippen LogP contribution in [0.5, 0.6) is 0 Å². The molecule has 4 nitrogen and oxygen atoms in total. The summed E-state index contributed by atoms with van der Waals surface area (Å²) < 4.78 is 2.25. The molecule has 0 aliphatic carbocycles. The number of hydrogen-bond acceptors (Lipinski definition) is 3. The third-order valence-corrected chi connectivity index (χ3v) is 6.33. The Labute approximate surface area is 202 Å². The van der Waals surface area contributed by atoms with Gasteiger partial charge in [0.25, 0.3) is 0 Å². The van der Waals surface area contributed by atoms with E-state index in [1.807, 2.05) is 36.4 Å². The predicted molar refractivity (Wildman–Crippen MR) is 139 cm³/mol. The van der Waals surface area contributed by atoms with Gasteiger partial charge in [-0.25, -0.2) is 4.98 Å². The molecule has 4 heteroatoms. The van der Waals surface area contributed by atoms with Gasteiger partial charge in [-0.1, -0.05) is 54.6 Å². The van der Waals surface area contributed by atoms with Crippen molar-refractivity contribution in [1.29, 1.82) is 10.5 Å². The molecule has 0 radical (unpaired) electrons. The van der Waals surface area contributed by atoms with E-state index in [2.05, 4.69) is 82.4 Å². The van der Waals surface area contributed by atoms with Gasteiger partial charge in [-0.05, 0) is 70.8 Å². The van der Waals surface area contributed by atoms with Crippen LogP contribution in [-0.2, 0) is 0 Å². The highest BCUT2D eigenvalue weighted by Crippen LogP contribution is 2.34. The van der Waals surface area contributed by atoms with Crippen LogP contribution in [0.25, 0.3) is 49.7 Å². The van der Waals surface area contributed by atoms with Crippen LogP contribution in [-0.4, -0.2) is 9.55 Å². The van der Waals surface area contributed by atoms with Crippen LogP contribution < -0.4 is 0 Å². The van der Waals surface area contributed by atoms with Crippen molar-refractivity contribution in [1.82, 2.24) is 9.55 Å². The molecule has 0 fully saturated rings. The lowest BCUT2D eigenvalue weighted by Gasteiger charge is -2.11. The highest BCUT2D eigenvalue weighted by Gasteiger charge is 2.13. The van der Waals surface area contributed by atoms with Crippen molar-refractivity contribution in [2.24, 2.45) is 0 Å². The molecule has 0 amide bonds. The molecular weight excluding hydrogens is 428 g/mol. The maximum atomic E-state index is 9.40. The predicted octanol–water partition coefficient (Wildman–Crippen LogP) is 7.26. The zero-order chi connectivity index (χ0) is 23.8. The van der Waals surface area contributed by atoms with E-state index in [-0.39, 0.29) is 0 Å². The molecule has 6 aromatic rings. The first kappa shape index (κ1) is 20.4. The highest BCUT2D eigenvalue weighted by atomic mass is 15.0. The van der Waals surface area contributed by atoms with E-state index in [4.69, 9.17) is 5.26 Å². The number of aromatic nitrogens is 2. The molecule has 35 heavy (non-hydrogen) atoms. The van der Waals surface area contributed by atoms with Crippen LogP contribution in [0.1, 0.15) is 11.3 Å². The number of para-hydroxylation sites is 1. The van der Waals surface area contributed by atoms with Gasteiger partial charge in [-0.15, -0.1) is 0 Å². The summed E-state index contributed by atoms with van der Waals surface area (Å²) in [6.45, 7) is 0. The van der Waals surface area contributed by atoms with Crippen molar-refractivity contribution in [2.75, 3.05) is 0 Å². The van der Waals surface area contributed by atoms with Crippen LogP contribution in [0, 0.1) is 22.7 Å². The average molecular weight is 447 g/mol. The lowest BCUT2D eigenvalue weighted by atomic mass is 10.00. The Bertz CT molecular complexity index is 1810. The number of hydrogen-bond donors (Lipinski definition) is 0. The lowest BCUT2D eigenvalue weighted by molar-refractivity contribution is 1.18.